The summed E-state index contributed by atoms with van der Waals surface area (Å²) in [6.45, 7) is 2.05. The number of anilines is 2. The molecule has 0 saturated heterocycles. The lowest BCUT2D eigenvalue weighted by Crippen LogP contribution is -1.86. The lowest BCUT2D eigenvalue weighted by Gasteiger charge is -1.99. The highest BCUT2D eigenvalue weighted by atomic mass is 14.7. The topological polar surface area (TPSA) is 67.8 Å². The summed E-state index contributed by atoms with van der Waals surface area (Å²) in [6.07, 6.45) is 0. The van der Waals surface area contributed by atoms with Crippen LogP contribution in [0.5, 0.6) is 0 Å². The fourth-order valence-electron chi connectivity index (χ4n) is 2.22. The third-order valence-corrected chi connectivity index (χ3v) is 2.95. The van der Waals surface area contributed by atoms with Gasteiger partial charge in [0, 0.05) is 33.2 Å². The van der Waals surface area contributed by atoms with Crippen molar-refractivity contribution in [2.45, 2.75) is 6.92 Å². The molecule has 0 atom stereocenters. The molecule has 0 spiro atoms. The fourth-order valence-corrected chi connectivity index (χ4v) is 2.22. The quantitative estimate of drug-likeness (QED) is 0.500. The standard InChI is InChI=1S/C13H13N3/c1-7-4-9(15)6-11-10-5-8(14)2-3-12(10)16-13(7)11/h2-6,16H,14-15H2,1H3. The van der Waals surface area contributed by atoms with E-state index in [2.05, 4.69) is 11.9 Å². The fraction of sp³-hybridized carbons (Fsp3) is 0.0769. The summed E-state index contributed by atoms with van der Waals surface area (Å²) >= 11 is 0. The number of hydrogen-bond acceptors (Lipinski definition) is 2. The van der Waals surface area contributed by atoms with Crippen molar-refractivity contribution >= 4 is 33.2 Å². The van der Waals surface area contributed by atoms with E-state index in [-0.39, 0.29) is 0 Å². The molecule has 0 unspecified atom stereocenters. The second-order valence-corrected chi connectivity index (χ2v) is 4.19. The molecular formula is C13H13N3. The molecule has 3 aromatic rings. The van der Waals surface area contributed by atoms with Gasteiger partial charge in [0.2, 0.25) is 0 Å². The number of fused-ring (bicyclic) bond motifs is 3. The Hall–Kier alpha value is -2.16. The van der Waals surface area contributed by atoms with Crippen LogP contribution in [0.25, 0.3) is 21.8 Å². The number of rotatable bonds is 0. The Morgan fingerprint density at radius 1 is 0.938 bits per heavy atom. The van der Waals surface area contributed by atoms with Crippen LogP contribution in [0, 0.1) is 6.92 Å². The first-order chi connectivity index (χ1) is 7.65. The van der Waals surface area contributed by atoms with Gasteiger partial charge in [-0.25, -0.2) is 0 Å². The van der Waals surface area contributed by atoms with Gasteiger partial charge < -0.3 is 16.5 Å². The first kappa shape index (κ1) is 9.09. The number of nitrogens with two attached hydrogens (primary N) is 2. The molecule has 5 N–H and O–H groups in total. The van der Waals surface area contributed by atoms with Crippen molar-refractivity contribution in [2.75, 3.05) is 11.5 Å². The molecule has 3 heteroatoms. The number of H-pyrrole nitrogens is 1. The molecule has 16 heavy (non-hydrogen) atoms. The van der Waals surface area contributed by atoms with Gasteiger partial charge in [-0.3, -0.25) is 0 Å². The van der Waals surface area contributed by atoms with Crippen LogP contribution in [-0.4, -0.2) is 4.98 Å². The van der Waals surface area contributed by atoms with Gasteiger partial charge in [-0.05, 0) is 42.8 Å². The van der Waals surface area contributed by atoms with Gasteiger partial charge in [0.25, 0.3) is 0 Å². The number of aromatic amines is 1. The van der Waals surface area contributed by atoms with Gasteiger partial charge in [-0.1, -0.05) is 0 Å². The molecule has 3 rings (SSSR count). The van der Waals surface area contributed by atoms with E-state index >= 15 is 0 Å². The van der Waals surface area contributed by atoms with Crippen molar-refractivity contribution in [3.8, 4) is 0 Å². The summed E-state index contributed by atoms with van der Waals surface area (Å²) in [5.74, 6) is 0. The Bertz CT molecular complexity index is 695. The number of aryl methyl sites for hydroxylation is 1. The summed E-state index contributed by atoms with van der Waals surface area (Å²) < 4.78 is 0. The highest BCUT2D eigenvalue weighted by Crippen LogP contribution is 2.30. The summed E-state index contributed by atoms with van der Waals surface area (Å²) in [5.41, 5.74) is 16.6. The van der Waals surface area contributed by atoms with Crippen molar-refractivity contribution in [1.29, 1.82) is 0 Å². The highest BCUT2D eigenvalue weighted by Gasteiger charge is 2.07. The van der Waals surface area contributed by atoms with Crippen LogP contribution >= 0.6 is 0 Å². The van der Waals surface area contributed by atoms with Gasteiger partial charge in [-0.15, -0.1) is 0 Å². The molecule has 0 saturated carbocycles. The number of hydrogen-bond donors (Lipinski definition) is 3. The Morgan fingerprint density at radius 3 is 2.50 bits per heavy atom. The lowest BCUT2D eigenvalue weighted by molar-refractivity contribution is 1.45. The molecule has 0 aliphatic rings. The number of nitrogen functional groups attached to an aromatic ring is 2. The molecule has 1 aromatic heterocycles. The second-order valence-electron chi connectivity index (χ2n) is 4.19. The average molecular weight is 211 g/mol. The third kappa shape index (κ3) is 1.15. The van der Waals surface area contributed by atoms with Crippen molar-refractivity contribution in [3.05, 3.63) is 35.9 Å². The summed E-state index contributed by atoms with van der Waals surface area (Å²) in [4.78, 5) is 3.39. The average Bonchev–Trinajstić information content (AvgIpc) is 2.57. The van der Waals surface area contributed by atoms with Crippen LogP contribution in [0.2, 0.25) is 0 Å². The van der Waals surface area contributed by atoms with Gasteiger partial charge in [0.1, 0.15) is 0 Å². The van der Waals surface area contributed by atoms with E-state index in [0.29, 0.717) is 0 Å². The molecule has 1 heterocycles. The number of benzene rings is 2. The molecule has 0 radical (unpaired) electrons. The zero-order valence-electron chi connectivity index (χ0n) is 9.04. The van der Waals surface area contributed by atoms with E-state index < -0.39 is 0 Å². The van der Waals surface area contributed by atoms with Crippen LogP contribution in [0.3, 0.4) is 0 Å². The van der Waals surface area contributed by atoms with Crippen LogP contribution in [0.4, 0.5) is 11.4 Å². The highest BCUT2D eigenvalue weighted by molar-refractivity contribution is 6.10. The molecule has 0 aliphatic heterocycles. The van der Waals surface area contributed by atoms with E-state index in [9.17, 15) is 0 Å². The largest absolute Gasteiger partial charge is 0.399 e. The molecule has 0 amide bonds. The van der Waals surface area contributed by atoms with Crippen molar-refractivity contribution in [1.82, 2.24) is 4.98 Å². The number of aromatic nitrogens is 1. The summed E-state index contributed by atoms with van der Waals surface area (Å²) in [5, 5.41) is 2.27. The van der Waals surface area contributed by atoms with Crippen molar-refractivity contribution in [2.24, 2.45) is 0 Å². The summed E-state index contributed by atoms with van der Waals surface area (Å²) in [6, 6.07) is 9.84. The van der Waals surface area contributed by atoms with Gasteiger partial charge in [0.05, 0.1) is 0 Å². The Kier molecular flexibility index (Phi) is 1.66. The second kappa shape index (κ2) is 2.92. The maximum Gasteiger partial charge on any atom is 0.0496 e. The van der Waals surface area contributed by atoms with E-state index in [1.165, 1.54) is 0 Å². The predicted molar refractivity (Wildman–Crippen MR) is 69.4 cm³/mol. The van der Waals surface area contributed by atoms with Gasteiger partial charge >= 0.3 is 0 Å². The molecule has 80 valence electrons. The van der Waals surface area contributed by atoms with E-state index in [4.69, 9.17) is 11.5 Å². The van der Waals surface area contributed by atoms with Crippen LogP contribution < -0.4 is 11.5 Å². The van der Waals surface area contributed by atoms with Gasteiger partial charge in [-0.2, -0.15) is 0 Å². The normalized spacial score (nSPS) is 11.3. The van der Waals surface area contributed by atoms with E-state index in [1.807, 2.05) is 30.3 Å². The maximum atomic E-state index is 5.87. The SMILES string of the molecule is Cc1cc(N)cc2c1[nH]c1ccc(N)cc12. The van der Waals surface area contributed by atoms with Crippen LogP contribution in [-0.2, 0) is 0 Å². The van der Waals surface area contributed by atoms with Gasteiger partial charge in [0.15, 0.2) is 0 Å². The van der Waals surface area contributed by atoms with Crippen molar-refractivity contribution in [3.63, 3.8) is 0 Å². The monoisotopic (exact) mass is 211 g/mol. The molecule has 2 aromatic carbocycles. The summed E-state index contributed by atoms with van der Waals surface area (Å²) in [7, 11) is 0. The van der Waals surface area contributed by atoms with Crippen molar-refractivity contribution < 1.29 is 0 Å². The molecule has 0 bridgehead atoms. The van der Waals surface area contributed by atoms with E-state index in [0.717, 1.165) is 38.7 Å². The Morgan fingerprint density at radius 2 is 1.69 bits per heavy atom. The smallest absolute Gasteiger partial charge is 0.0496 e. The van der Waals surface area contributed by atoms with Crippen LogP contribution in [0.15, 0.2) is 30.3 Å². The zero-order chi connectivity index (χ0) is 11.3. The zero-order valence-corrected chi connectivity index (χ0v) is 9.04. The minimum Gasteiger partial charge on any atom is -0.399 e. The Labute approximate surface area is 93.0 Å². The Balaban J connectivity index is 2.57. The van der Waals surface area contributed by atoms with E-state index in [1.54, 1.807) is 0 Å². The third-order valence-electron chi connectivity index (χ3n) is 2.95. The minimum atomic E-state index is 0.772. The molecule has 3 nitrogen and oxygen atoms in total. The first-order valence-electron chi connectivity index (χ1n) is 5.22. The molecule has 0 aliphatic carbocycles. The minimum absolute atomic E-state index is 0.772. The maximum absolute atomic E-state index is 5.87. The molecule has 0 fully saturated rings. The van der Waals surface area contributed by atoms with Crippen LogP contribution in [0.1, 0.15) is 5.56 Å². The predicted octanol–water partition coefficient (Wildman–Crippen LogP) is 2.79. The first-order valence-corrected chi connectivity index (χ1v) is 5.22. The lowest BCUT2D eigenvalue weighted by atomic mass is 10.1. The molecular weight excluding hydrogens is 198 g/mol. The number of nitrogens with one attached hydrogen (secondary N) is 1.